The Morgan fingerprint density at radius 3 is 2.39 bits per heavy atom. The summed E-state index contributed by atoms with van der Waals surface area (Å²) in [5.74, 6) is -0.0736. The molecule has 1 aromatic carbocycles. The van der Waals surface area contributed by atoms with Gasteiger partial charge in [0.15, 0.2) is 15.6 Å². The van der Waals surface area contributed by atoms with Crippen molar-refractivity contribution < 1.29 is 22.4 Å². The molecule has 1 amide bonds. The lowest BCUT2D eigenvalue weighted by Crippen LogP contribution is -2.39. The maximum Gasteiger partial charge on any atom is 0.261 e. The third-order valence-corrected chi connectivity index (χ3v) is 10.6. The van der Waals surface area contributed by atoms with Gasteiger partial charge < -0.3 is 10.2 Å². The monoisotopic (exact) mass is 554 g/mol. The van der Waals surface area contributed by atoms with Crippen LogP contribution >= 0.6 is 22.9 Å². The second-order valence-corrected chi connectivity index (χ2v) is 13.7. The lowest BCUT2D eigenvalue weighted by atomic mass is 9.83. The van der Waals surface area contributed by atoms with Crippen LogP contribution < -0.4 is 5.32 Å². The van der Waals surface area contributed by atoms with Crippen LogP contribution in [0.5, 0.6) is 0 Å². The maximum atomic E-state index is 13.3. The molecule has 1 aliphatic heterocycles. The van der Waals surface area contributed by atoms with Gasteiger partial charge >= 0.3 is 0 Å². The van der Waals surface area contributed by atoms with E-state index in [2.05, 4.69) is 10.2 Å². The van der Waals surface area contributed by atoms with Crippen molar-refractivity contribution in [3.05, 3.63) is 51.6 Å². The Morgan fingerprint density at radius 2 is 1.78 bits per heavy atom. The summed E-state index contributed by atoms with van der Waals surface area (Å²) in [6, 6.07) is 7.15. The second kappa shape index (κ2) is 11.7. The number of likely N-dealkylation sites (tertiary alicyclic amines) is 1. The molecule has 36 heavy (non-hydrogen) atoms. The van der Waals surface area contributed by atoms with E-state index in [9.17, 15) is 22.4 Å². The highest BCUT2D eigenvalue weighted by atomic mass is 35.5. The molecule has 2 heterocycles. The van der Waals surface area contributed by atoms with Crippen molar-refractivity contribution in [3.63, 3.8) is 0 Å². The Morgan fingerprint density at radius 1 is 1.08 bits per heavy atom. The first kappa shape index (κ1) is 27.2. The average molecular weight is 555 g/mol. The molecule has 1 aliphatic carbocycles. The fourth-order valence-corrected chi connectivity index (χ4v) is 7.28. The molecule has 0 atom stereocenters. The van der Waals surface area contributed by atoms with Gasteiger partial charge in [0, 0.05) is 23.8 Å². The predicted octanol–water partition coefficient (Wildman–Crippen LogP) is 5.22. The van der Waals surface area contributed by atoms with Crippen LogP contribution in [0.15, 0.2) is 34.5 Å². The van der Waals surface area contributed by atoms with Crippen LogP contribution in [0.4, 0.5) is 4.39 Å². The minimum atomic E-state index is -3.29. The van der Waals surface area contributed by atoms with E-state index in [1.54, 1.807) is 6.07 Å². The smallest absolute Gasteiger partial charge is 0.261 e. The summed E-state index contributed by atoms with van der Waals surface area (Å²) in [6.07, 6.45) is 7.79. The summed E-state index contributed by atoms with van der Waals surface area (Å²) in [4.78, 5) is 28.2. The predicted molar refractivity (Wildman–Crippen MR) is 140 cm³/mol. The highest BCUT2D eigenvalue weighted by molar-refractivity contribution is 7.92. The molecule has 2 aliphatic rings. The Labute approximate surface area is 221 Å². The van der Waals surface area contributed by atoms with Crippen LogP contribution in [-0.2, 0) is 9.84 Å². The van der Waals surface area contributed by atoms with Crippen LogP contribution in [0, 0.1) is 17.7 Å². The average Bonchev–Trinajstić information content (AvgIpc) is 3.35. The van der Waals surface area contributed by atoms with Crippen LogP contribution in [0.1, 0.15) is 65.0 Å². The molecule has 10 heteroatoms. The first-order valence-electron chi connectivity index (χ1n) is 12.4. The zero-order valence-electron chi connectivity index (χ0n) is 20.3. The van der Waals surface area contributed by atoms with E-state index in [-0.39, 0.29) is 32.9 Å². The van der Waals surface area contributed by atoms with E-state index in [4.69, 9.17) is 11.6 Å². The summed E-state index contributed by atoms with van der Waals surface area (Å²) in [5.41, 5.74) is 0.412. The van der Waals surface area contributed by atoms with Gasteiger partial charge in [0.1, 0.15) is 10.0 Å². The fourth-order valence-electron chi connectivity index (χ4n) is 5.19. The molecule has 0 spiro atoms. The van der Waals surface area contributed by atoms with Crippen molar-refractivity contribution in [2.24, 2.45) is 11.8 Å². The van der Waals surface area contributed by atoms with E-state index in [1.807, 2.05) is 0 Å². The summed E-state index contributed by atoms with van der Waals surface area (Å²) in [5, 5.41) is 3.25. The summed E-state index contributed by atoms with van der Waals surface area (Å²) < 4.78 is 36.8. The molecular weight excluding hydrogens is 523 g/mol. The molecule has 1 aromatic heterocycles. The van der Waals surface area contributed by atoms with Gasteiger partial charge in [-0.3, -0.25) is 9.59 Å². The van der Waals surface area contributed by atoms with Crippen molar-refractivity contribution in [1.29, 1.82) is 0 Å². The number of ketones is 1. The van der Waals surface area contributed by atoms with Gasteiger partial charge in [-0.2, -0.15) is 0 Å². The van der Waals surface area contributed by atoms with Gasteiger partial charge in [0.05, 0.1) is 9.90 Å². The first-order chi connectivity index (χ1) is 17.1. The van der Waals surface area contributed by atoms with Gasteiger partial charge in [0.25, 0.3) is 5.91 Å². The highest BCUT2D eigenvalue weighted by Gasteiger charge is 2.28. The van der Waals surface area contributed by atoms with Crippen molar-refractivity contribution in [1.82, 2.24) is 10.2 Å². The van der Waals surface area contributed by atoms with Crippen molar-refractivity contribution >= 4 is 44.5 Å². The van der Waals surface area contributed by atoms with Gasteiger partial charge in [0.2, 0.25) is 0 Å². The number of carbonyl (C=O) groups excluding carboxylic acids is 2. The molecule has 1 saturated heterocycles. The number of thiophene rings is 1. The zero-order valence-corrected chi connectivity index (χ0v) is 22.7. The van der Waals surface area contributed by atoms with Gasteiger partial charge in [-0.05, 0) is 101 Å². The van der Waals surface area contributed by atoms with E-state index in [0.29, 0.717) is 16.4 Å². The molecule has 2 fully saturated rings. The number of Topliss-reactive ketones (excluding diaryl/α,β-unsaturated/α-hetero) is 1. The first-order valence-corrected chi connectivity index (χ1v) is 15.5. The molecule has 1 N–H and O–H groups in total. The van der Waals surface area contributed by atoms with Crippen molar-refractivity contribution in [2.75, 3.05) is 25.9 Å². The molecule has 0 bridgehead atoms. The minimum absolute atomic E-state index is 0.00936. The van der Waals surface area contributed by atoms with Crippen LogP contribution in [0.2, 0.25) is 5.02 Å². The largest absolute Gasteiger partial charge is 0.349 e. The van der Waals surface area contributed by atoms with Crippen LogP contribution in [-0.4, -0.2) is 56.9 Å². The highest BCUT2D eigenvalue weighted by Crippen LogP contribution is 2.30. The number of halogens is 2. The lowest BCUT2D eigenvalue weighted by Gasteiger charge is -2.34. The topological polar surface area (TPSA) is 83.6 Å². The quantitative estimate of drug-likeness (QED) is 0.452. The Balaban J connectivity index is 1.16. The summed E-state index contributed by atoms with van der Waals surface area (Å²) in [6.45, 7) is 2.75. The number of piperidine rings is 1. The third-order valence-electron chi connectivity index (χ3n) is 7.36. The van der Waals surface area contributed by atoms with Gasteiger partial charge in [-0.25, -0.2) is 12.8 Å². The number of sulfone groups is 1. The van der Waals surface area contributed by atoms with Crippen LogP contribution in [0.25, 0.3) is 0 Å². The molecule has 6 nitrogen and oxygen atoms in total. The third kappa shape index (κ3) is 6.94. The van der Waals surface area contributed by atoms with E-state index < -0.39 is 15.7 Å². The fraction of sp³-hybridized carbons (Fsp3) is 0.538. The number of nitrogens with one attached hydrogen (secondary N) is 1. The Kier molecular flexibility index (Phi) is 8.86. The standard InChI is InChI=1S/C26H32ClFN2O4S2/c1-36(33,34)24-9-8-23(35-24)26(32)29-20-5-2-17(3-6-20)10-13-30-14-11-18(12-15-30)25(31)21-7-4-19(28)16-22(21)27/h4,7-9,16-18,20H,2-3,5-6,10-15H2,1H3,(H,29,32). The molecule has 1 saturated carbocycles. The number of hydrogen-bond acceptors (Lipinski definition) is 6. The molecule has 2 aromatic rings. The minimum Gasteiger partial charge on any atom is -0.349 e. The summed E-state index contributed by atoms with van der Waals surface area (Å²) >= 11 is 7.09. The number of rotatable bonds is 8. The molecule has 0 unspecified atom stereocenters. The number of nitrogens with zero attached hydrogens (tertiary/aromatic N) is 1. The SMILES string of the molecule is CS(=O)(=O)c1ccc(C(=O)NC2CCC(CCN3CCC(C(=O)c4ccc(F)cc4Cl)CC3)CC2)s1. The van der Waals surface area contributed by atoms with Gasteiger partial charge in [-0.1, -0.05) is 11.6 Å². The second-order valence-electron chi connectivity index (χ2n) is 9.97. The van der Waals surface area contributed by atoms with Gasteiger partial charge in [-0.15, -0.1) is 11.3 Å². The van der Waals surface area contributed by atoms with E-state index in [1.165, 1.54) is 24.3 Å². The molecule has 4 rings (SSSR count). The maximum absolute atomic E-state index is 13.3. The van der Waals surface area contributed by atoms with E-state index >= 15 is 0 Å². The lowest BCUT2D eigenvalue weighted by molar-refractivity contribution is 0.0832. The van der Waals surface area contributed by atoms with Crippen molar-refractivity contribution in [2.45, 2.75) is 55.2 Å². The molecule has 196 valence electrons. The van der Waals surface area contributed by atoms with E-state index in [0.717, 1.165) is 82.2 Å². The number of carbonyl (C=O) groups is 2. The Bertz CT molecular complexity index is 1200. The number of hydrogen-bond donors (Lipinski definition) is 1. The van der Waals surface area contributed by atoms with Crippen molar-refractivity contribution in [3.8, 4) is 0 Å². The normalized spacial score (nSPS) is 21.9. The number of benzene rings is 1. The Hall–Kier alpha value is -1.81. The number of amides is 1. The zero-order chi connectivity index (χ0) is 25.9. The van der Waals surface area contributed by atoms with Crippen LogP contribution in [0.3, 0.4) is 0 Å². The summed E-state index contributed by atoms with van der Waals surface area (Å²) in [7, 11) is -3.29. The molecule has 0 radical (unpaired) electrons. The molecular formula is C26H32ClFN2O4S2.